The molecule has 1 heterocycles. The van der Waals surface area contributed by atoms with Gasteiger partial charge in [-0.15, -0.1) is 11.1 Å². The Hall–Kier alpha value is -5.84. The molecule has 0 saturated heterocycles. The molecule has 0 aliphatic heterocycles. The van der Waals surface area contributed by atoms with Gasteiger partial charge in [-0.3, -0.25) is 0 Å². The van der Waals surface area contributed by atoms with E-state index in [2.05, 4.69) is 115 Å². The van der Waals surface area contributed by atoms with Gasteiger partial charge < -0.3 is 0 Å². The zero-order valence-corrected chi connectivity index (χ0v) is 32.2. The van der Waals surface area contributed by atoms with Crippen molar-refractivity contribution in [3.8, 4) is 62.2 Å². The number of nitrogens with zero attached hydrogens (tertiary/aromatic N) is 3. The molecule has 8 aromatic rings. The molecule has 0 spiro atoms. The molecule has 0 bridgehead atoms. The second-order valence-corrected chi connectivity index (χ2v) is 12.7. The molecule has 4 heteroatoms. The molecule has 0 fully saturated rings. The van der Waals surface area contributed by atoms with E-state index in [0.29, 0.717) is 11.4 Å². The zero-order valence-electron chi connectivity index (χ0n) is 28.1. The van der Waals surface area contributed by atoms with Crippen LogP contribution in [0.4, 0.5) is 0 Å². The first-order valence-electron chi connectivity index (χ1n) is 17.0. The van der Waals surface area contributed by atoms with E-state index in [-0.39, 0.29) is 31.1 Å². The molecule has 0 unspecified atom stereocenters. The fourth-order valence-corrected chi connectivity index (χ4v) is 7.49. The maximum absolute atomic E-state index is 9.67. The molecule has 3 nitrogen and oxygen atoms in total. The third kappa shape index (κ3) is 5.70. The topological polar surface area (TPSA) is 49.6 Å². The van der Waals surface area contributed by atoms with Crippen LogP contribution in [0.2, 0.25) is 0 Å². The summed E-state index contributed by atoms with van der Waals surface area (Å²) in [4.78, 5) is 10.3. The van der Waals surface area contributed by atoms with Crippen molar-refractivity contribution < 1.29 is 31.1 Å². The van der Waals surface area contributed by atoms with Crippen molar-refractivity contribution in [2.24, 2.45) is 0 Å². The fourth-order valence-electron chi connectivity index (χ4n) is 7.49. The number of benzene rings is 7. The van der Waals surface area contributed by atoms with Gasteiger partial charge in [-0.1, -0.05) is 97.1 Å². The van der Waals surface area contributed by atoms with Gasteiger partial charge in [-0.25, -0.2) is 9.97 Å². The Balaban J connectivity index is 0.00000387. The van der Waals surface area contributed by atoms with Gasteiger partial charge in [0.15, 0.2) is 5.82 Å². The summed E-state index contributed by atoms with van der Waals surface area (Å²) in [5.41, 5.74) is 13.4. The summed E-state index contributed by atoms with van der Waals surface area (Å²) in [6.07, 6.45) is 0. The number of hydrogen-bond acceptors (Lipinski definition) is 3. The predicted octanol–water partition coefficient (Wildman–Crippen LogP) is 11.0. The predicted molar refractivity (Wildman–Crippen MR) is 203 cm³/mol. The number of aromatic nitrogens is 2. The van der Waals surface area contributed by atoms with Crippen LogP contribution in [0.15, 0.2) is 176 Å². The minimum Gasteiger partial charge on any atom is -0.228 e. The van der Waals surface area contributed by atoms with Crippen molar-refractivity contribution in [1.82, 2.24) is 9.97 Å². The molecule has 9 rings (SSSR count). The number of rotatable bonds is 6. The third-order valence-electron chi connectivity index (χ3n) is 9.81. The van der Waals surface area contributed by atoms with Crippen molar-refractivity contribution in [2.75, 3.05) is 0 Å². The van der Waals surface area contributed by atoms with Gasteiger partial charge in [-0.05, 0) is 63.7 Å². The Morgan fingerprint density at radius 2 is 0.962 bits per heavy atom. The Morgan fingerprint density at radius 1 is 0.462 bits per heavy atom. The molecule has 240 valence electrons. The van der Waals surface area contributed by atoms with E-state index in [9.17, 15) is 5.26 Å². The number of nitriles is 1. The van der Waals surface area contributed by atoms with Crippen molar-refractivity contribution in [2.45, 2.75) is 5.41 Å². The quantitative estimate of drug-likeness (QED) is 0.156. The SMILES string of the molecule is N#Cc1cccc(-c2ccc3c(c2)-c2cc(-c4nc(-c5ccccc5)cc(-c5ccccc5)n4)ccc2C3(c2[c-]cccc2)c2[c-]cccc2)c1.[U+2]. The van der Waals surface area contributed by atoms with Crippen LogP contribution < -0.4 is 0 Å². The molecule has 7 aromatic carbocycles. The fraction of sp³-hybridized carbons (Fsp3) is 0.0208. The van der Waals surface area contributed by atoms with E-state index in [1.807, 2.05) is 78.9 Å². The summed E-state index contributed by atoms with van der Waals surface area (Å²) in [7, 11) is 0. The van der Waals surface area contributed by atoms with E-state index in [4.69, 9.17) is 9.97 Å². The molecule has 0 saturated carbocycles. The first-order chi connectivity index (χ1) is 25.2. The summed E-state index contributed by atoms with van der Waals surface area (Å²) in [6.45, 7) is 0. The molecule has 0 amide bonds. The maximum Gasteiger partial charge on any atom is 2.00 e. The molecule has 1 aliphatic carbocycles. The molecular formula is C48H29N3U. The molecule has 0 radical (unpaired) electrons. The zero-order chi connectivity index (χ0) is 34.2. The van der Waals surface area contributed by atoms with E-state index < -0.39 is 5.41 Å². The van der Waals surface area contributed by atoms with E-state index >= 15 is 0 Å². The van der Waals surface area contributed by atoms with Crippen LogP contribution in [0, 0.1) is 54.6 Å². The Labute approximate surface area is 327 Å². The summed E-state index contributed by atoms with van der Waals surface area (Å²) in [5.74, 6) is 0.660. The number of hydrogen-bond donors (Lipinski definition) is 0. The smallest absolute Gasteiger partial charge is 0.228 e. The molecule has 0 atom stereocenters. The average Bonchev–Trinajstić information content (AvgIpc) is 3.52. The molecular weight excluding hydrogens is 857 g/mol. The Kier molecular flexibility index (Phi) is 9.00. The Morgan fingerprint density at radius 3 is 1.50 bits per heavy atom. The molecule has 1 aliphatic rings. The second-order valence-electron chi connectivity index (χ2n) is 12.7. The van der Waals surface area contributed by atoms with Gasteiger partial charge in [0.05, 0.1) is 23.0 Å². The van der Waals surface area contributed by atoms with E-state index in [1.165, 1.54) is 0 Å². The first kappa shape index (κ1) is 33.3. The average molecular weight is 886 g/mol. The van der Waals surface area contributed by atoms with Gasteiger partial charge in [-0.2, -0.15) is 65.9 Å². The van der Waals surface area contributed by atoms with Crippen LogP contribution in [0.5, 0.6) is 0 Å². The van der Waals surface area contributed by atoms with Crippen molar-refractivity contribution in [1.29, 1.82) is 5.26 Å². The summed E-state index contributed by atoms with van der Waals surface area (Å²) < 4.78 is 0. The first-order valence-corrected chi connectivity index (χ1v) is 17.0. The largest absolute Gasteiger partial charge is 2.00 e. The van der Waals surface area contributed by atoms with Crippen molar-refractivity contribution in [3.63, 3.8) is 0 Å². The van der Waals surface area contributed by atoms with Crippen LogP contribution in [-0.2, 0) is 5.41 Å². The van der Waals surface area contributed by atoms with Crippen LogP contribution >= 0.6 is 0 Å². The van der Waals surface area contributed by atoms with Crippen LogP contribution in [0.1, 0.15) is 27.8 Å². The summed E-state index contributed by atoms with van der Waals surface area (Å²) in [6, 6.07) is 69.7. The maximum atomic E-state index is 9.67. The van der Waals surface area contributed by atoms with Gasteiger partial charge in [0.1, 0.15) is 0 Å². The Bertz CT molecular complexity index is 2480. The normalized spacial score (nSPS) is 12.2. The van der Waals surface area contributed by atoms with E-state index in [1.54, 1.807) is 0 Å². The van der Waals surface area contributed by atoms with Crippen molar-refractivity contribution >= 4 is 0 Å². The van der Waals surface area contributed by atoms with Crippen LogP contribution in [-0.4, -0.2) is 9.97 Å². The van der Waals surface area contributed by atoms with Crippen LogP contribution in [0.25, 0.3) is 56.2 Å². The van der Waals surface area contributed by atoms with Gasteiger partial charge in [0, 0.05) is 22.1 Å². The summed E-state index contributed by atoms with van der Waals surface area (Å²) >= 11 is 0. The minimum atomic E-state index is -0.652. The third-order valence-corrected chi connectivity index (χ3v) is 9.81. The standard InChI is InChI=1S/C48H29N3.U/c49-32-33-14-13-19-36(28-33)37-24-26-43-41(29-37)42-30-38(25-27-44(42)48(43,39-20-9-3-10-21-39)40-22-11-4-12-23-40)47-50-45(34-15-5-1-6-16-34)31-46(51-47)35-17-7-2-8-18-35;/h1-20,22,24-31H;/q-2;+2. The second kappa shape index (κ2) is 14.1. The van der Waals surface area contributed by atoms with Crippen LogP contribution in [0.3, 0.4) is 0 Å². The van der Waals surface area contributed by atoms with E-state index in [0.717, 1.165) is 72.6 Å². The summed E-state index contributed by atoms with van der Waals surface area (Å²) in [5, 5.41) is 9.67. The van der Waals surface area contributed by atoms with Gasteiger partial charge in [0.2, 0.25) is 0 Å². The molecule has 1 aromatic heterocycles. The minimum absolute atomic E-state index is 0. The number of fused-ring (bicyclic) bond motifs is 3. The monoisotopic (exact) mass is 885 g/mol. The molecule has 52 heavy (non-hydrogen) atoms. The van der Waals surface area contributed by atoms with Crippen molar-refractivity contribution in [3.05, 3.63) is 216 Å². The van der Waals surface area contributed by atoms with Gasteiger partial charge in [0.25, 0.3) is 0 Å². The molecule has 0 N–H and O–H groups in total. The van der Waals surface area contributed by atoms with Gasteiger partial charge >= 0.3 is 31.1 Å².